The van der Waals surface area contributed by atoms with Gasteiger partial charge in [0.2, 0.25) is 0 Å². The number of aryl methyl sites for hydroxylation is 1. The van der Waals surface area contributed by atoms with Crippen LogP contribution in [0.2, 0.25) is 5.02 Å². The van der Waals surface area contributed by atoms with E-state index in [-0.39, 0.29) is 5.91 Å². The van der Waals surface area contributed by atoms with Crippen LogP contribution in [0.15, 0.2) is 30.3 Å². The van der Waals surface area contributed by atoms with Gasteiger partial charge < -0.3 is 4.90 Å². The molecular weight excluding hydrogens is 390 g/mol. The molecule has 0 atom stereocenters. The maximum Gasteiger partial charge on any atom is 0.264 e. The Labute approximate surface area is 163 Å². The molecule has 5 nitrogen and oxygen atoms in total. The molecule has 0 aliphatic carbocycles. The molecule has 1 aliphatic heterocycles. The van der Waals surface area contributed by atoms with Crippen molar-refractivity contribution >= 4 is 49.9 Å². The van der Waals surface area contributed by atoms with Gasteiger partial charge in [-0.1, -0.05) is 29.8 Å². The first kappa shape index (κ1) is 17.7. The molecule has 136 valence electrons. The minimum atomic E-state index is -0.790. The Balaban J connectivity index is 1.64. The Hall–Kier alpha value is -1.70. The van der Waals surface area contributed by atoms with Crippen LogP contribution in [0.25, 0.3) is 10.2 Å². The van der Waals surface area contributed by atoms with Crippen LogP contribution in [0.5, 0.6) is 0 Å². The van der Waals surface area contributed by atoms with Gasteiger partial charge in [0, 0.05) is 45.8 Å². The molecule has 1 saturated heterocycles. The summed E-state index contributed by atoms with van der Waals surface area (Å²) in [5, 5.41) is 6.33. The van der Waals surface area contributed by atoms with E-state index >= 15 is 0 Å². The largest absolute Gasteiger partial charge is 0.336 e. The van der Waals surface area contributed by atoms with E-state index in [0.29, 0.717) is 41.0 Å². The summed E-state index contributed by atoms with van der Waals surface area (Å²) in [6, 6.07) is 9.65. The van der Waals surface area contributed by atoms with Crippen LogP contribution >= 0.6 is 22.9 Å². The van der Waals surface area contributed by atoms with E-state index in [1.807, 2.05) is 41.9 Å². The number of rotatable bonds is 3. The first-order valence-electron chi connectivity index (χ1n) is 8.37. The van der Waals surface area contributed by atoms with Crippen molar-refractivity contribution in [3.8, 4) is 0 Å². The fraction of sp³-hybridized carbons (Fsp3) is 0.333. The maximum absolute atomic E-state index is 12.8. The molecule has 1 aliphatic rings. The lowest BCUT2D eigenvalue weighted by Crippen LogP contribution is -2.41. The number of aromatic nitrogens is 2. The van der Waals surface area contributed by atoms with E-state index in [1.54, 1.807) is 4.90 Å². The van der Waals surface area contributed by atoms with E-state index in [0.717, 1.165) is 21.5 Å². The predicted molar refractivity (Wildman–Crippen MR) is 107 cm³/mol. The van der Waals surface area contributed by atoms with Crippen LogP contribution in [0.1, 0.15) is 20.9 Å². The number of fused-ring (bicyclic) bond motifs is 1. The van der Waals surface area contributed by atoms with Crippen LogP contribution in [0, 0.1) is 6.92 Å². The molecule has 3 heterocycles. The molecule has 1 amide bonds. The minimum absolute atomic E-state index is 0.0200. The second kappa shape index (κ2) is 7.13. The third-order valence-corrected chi connectivity index (χ3v) is 7.34. The lowest BCUT2D eigenvalue weighted by Gasteiger charge is -2.25. The lowest BCUT2D eigenvalue weighted by atomic mass is 10.2. The van der Waals surface area contributed by atoms with Gasteiger partial charge in [-0.25, -0.2) is 0 Å². The van der Waals surface area contributed by atoms with Gasteiger partial charge in [0.05, 0.1) is 17.1 Å². The van der Waals surface area contributed by atoms with E-state index in [1.165, 1.54) is 11.3 Å². The van der Waals surface area contributed by atoms with Gasteiger partial charge in [-0.3, -0.25) is 13.7 Å². The quantitative estimate of drug-likeness (QED) is 0.669. The molecule has 0 spiro atoms. The molecule has 4 rings (SSSR count). The standard InChI is InChI=1S/C18H18ClN3O2S2/c1-12-14-10-16(17(23)21-6-8-26(24)9-7-21)25-18(14)22(20-12)11-13-4-2-3-5-15(13)19/h2-5,10H,6-9,11H2,1H3. The zero-order chi connectivity index (χ0) is 18.3. The molecule has 3 aromatic rings. The molecule has 0 saturated carbocycles. The maximum atomic E-state index is 12.8. The van der Waals surface area contributed by atoms with Gasteiger partial charge in [-0.15, -0.1) is 11.3 Å². The predicted octanol–water partition coefficient (Wildman–Crippen LogP) is 3.31. The Morgan fingerprint density at radius 2 is 2.04 bits per heavy atom. The summed E-state index contributed by atoms with van der Waals surface area (Å²) in [7, 11) is -0.790. The molecule has 1 fully saturated rings. The summed E-state index contributed by atoms with van der Waals surface area (Å²) in [5.74, 6) is 1.15. The van der Waals surface area contributed by atoms with E-state index < -0.39 is 10.8 Å². The van der Waals surface area contributed by atoms with Crippen LogP contribution in [0.4, 0.5) is 0 Å². The first-order chi connectivity index (χ1) is 12.5. The zero-order valence-electron chi connectivity index (χ0n) is 14.3. The van der Waals surface area contributed by atoms with Crippen LogP contribution in [-0.4, -0.2) is 49.4 Å². The van der Waals surface area contributed by atoms with Crippen molar-refractivity contribution in [3.63, 3.8) is 0 Å². The molecule has 0 N–H and O–H groups in total. The van der Waals surface area contributed by atoms with Gasteiger partial charge >= 0.3 is 0 Å². The Morgan fingerprint density at radius 1 is 1.31 bits per heavy atom. The molecular formula is C18H18ClN3O2S2. The Kier molecular flexibility index (Phi) is 4.86. The summed E-state index contributed by atoms with van der Waals surface area (Å²) < 4.78 is 13.4. The van der Waals surface area contributed by atoms with E-state index in [4.69, 9.17) is 11.6 Å². The summed E-state index contributed by atoms with van der Waals surface area (Å²) in [6.07, 6.45) is 0. The number of nitrogens with zero attached hydrogens (tertiary/aromatic N) is 3. The van der Waals surface area contributed by atoms with E-state index in [2.05, 4.69) is 5.10 Å². The number of hydrogen-bond acceptors (Lipinski definition) is 4. The van der Waals surface area contributed by atoms with Crippen LogP contribution < -0.4 is 0 Å². The third-order valence-electron chi connectivity index (χ3n) is 4.56. The molecule has 26 heavy (non-hydrogen) atoms. The van der Waals surface area contributed by atoms with Gasteiger partial charge in [0.25, 0.3) is 5.91 Å². The van der Waals surface area contributed by atoms with Gasteiger partial charge in [-0.05, 0) is 24.6 Å². The van der Waals surface area contributed by atoms with Crippen molar-refractivity contribution in [2.45, 2.75) is 13.5 Å². The highest BCUT2D eigenvalue weighted by Gasteiger charge is 2.24. The molecule has 0 bridgehead atoms. The molecule has 8 heteroatoms. The van der Waals surface area contributed by atoms with E-state index in [9.17, 15) is 9.00 Å². The fourth-order valence-corrected chi connectivity index (χ4v) is 5.49. The molecule has 2 aromatic heterocycles. The van der Waals surface area contributed by atoms with Crippen molar-refractivity contribution in [1.29, 1.82) is 0 Å². The Bertz CT molecular complexity index is 1000. The van der Waals surface area contributed by atoms with Crippen LogP contribution in [0.3, 0.4) is 0 Å². The van der Waals surface area contributed by atoms with Crippen molar-refractivity contribution < 1.29 is 9.00 Å². The number of halogens is 1. The smallest absolute Gasteiger partial charge is 0.264 e. The zero-order valence-corrected chi connectivity index (χ0v) is 16.7. The van der Waals surface area contributed by atoms with Crippen LogP contribution in [-0.2, 0) is 17.3 Å². The van der Waals surface area contributed by atoms with Crippen molar-refractivity contribution in [3.05, 3.63) is 51.5 Å². The first-order valence-corrected chi connectivity index (χ1v) is 11.1. The summed E-state index contributed by atoms with van der Waals surface area (Å²) in [6.45, 7) is 3.64. The Morgan fingerprint density at radius 3 is 2.77 bits per heavy atom. The van der Waals surface area contributed by atoms with Gasteiger partial charge in [0.15, 0.2) is 0 Å². The number of hydrogen-bond donors (Lipinski definition) is 0. The highest BCUT2D eigenvalue weighted by molar-refractivity contribution is 7.85. The average Bonchev–Trinajstić information content (AvgIpc) is 3.19. The summed E-state index contributed by atoms with van der Waals surface area (Å²) >= 11 is 7.74. The van der Waals surface area contributed by atoms with Crippen molar-refractivity contribution in [2.75, 3.05) is 24.6 Å². The second-order valence-electron chi connectivity index (χ2n) is 6.30. The van der Waals surface area contributed by atoms with Gasteiger partial charge in [-0.2, -0.15) is 5.10 Å². The number of carbonyl (C=O) groups excluding carboxylic acids is 1. The minimum Gasteiger partial charge on any atom is -0.336 e. The third kappa shape index (κ3) is 3.31. The summed E-state index contributed by atoms with van der Waals surface area (Å²) in [5.41, 5.74) is 1.90. The number of benzene rings is 1. The van der Waals surface area contributed by atoms with Crippen molar-refractivity contribution in [1.82, 2.24) is 14.7 Å². The number of amides is 1. The SMILES string of the molecule is Cc1nn(Cc2ccccc2Cl)c2sc(C(=O)N3CCS(=O)CC3)cc12. The monoisotopic (exact) mass is 407 g/mol. The number of thiophene rings is 1. The highest BCUT2D eigenvalue weighted by atomic mass is 35.5. The average molecular weight is 408 g/mol. The molecule has 0 unspecified atom stereocenters. The second-order valence-corrected chi connectivity index (χ2v) is 9.44. The van der Waals surface area contributed by atoms with Crippen molar-refractivity contribution in [2.24, 2.45) is 0 Å². The highest BCUT2D eigenvalue weighted by Crippen LogP contribution is 2.30. The van der Waals surface area contributed by atoms with Gasteiger partial charge in [0.1, 0.15) is 4.83 Å². The number of carbonyl (C=O) groups is 1. The topological polar surface area (TPSA) is 55.2 Å². The summed E-state index contributed by atoms with van der Waals surface area (Å²) in [4.78, 5) is 16.3. The normalized spacial score (nSPS) is 15.7. The fourth-order valence-electron chi connectivity index (χ4n) is 3.11. The molecule has 0 radical (unpaired) electrons. The lowest BCUT2D eigenvalue weighted by molar-refractivity contribution is 0.0776. The molecule has 1 aromatic carbocycles.